The van der Waals surface area contributed by atoms with Crippen LogP contribution in [0.5, 0.6) is 0 Å². The number of carbonyl (C=O) groups is 2. The Kier molecular flexibility index (Phi) is 3.26. The number of hydrogen-bond donors (Lipinski definition) is 0. The largest absolute Gasteiger partial charge is 0.457 e. The van der Waals surface area contributed by atoms with Crippen molar-refractivity contribution < 1.29 is 14.3 Å². The Balaban J connectivity index is 2.23. The van der Waals surface area contributed by atoms with Crippen LogP contribution in [0.3, 0.4) is 0 Å². The zero-order chi connectivity index (χ0) is 8.97. The Labute approximate surface area is 72.1 Å². The topological polar surface area (TPSA) is 43.4 Å². The average Bonchev–Trinajstić information content (AvgIpc) is 2.51. The Morgan fingerprint density at radius 3 is 2.42 bits per heavy atom. The van der Waals surface area contributed by atoms with E-state index in [0.29, 0.717) is 0 Å². The molecule has 0 bridgehead atoms. The number of Topliss-reactive ketones (excluding diaryl/α,β-unsaturated/α-hetero) is 1. The van der Waals surface area contributed by atoms with Crippen molar-refractivity contribution in [2.45, 2.75) is 32.6 Å². The van der Waals surface area contributed by atoms with Gasteiger partial charge in [-0.25, -0.2) is 0 Å². The molecule has 3 nitrogen and oxygen atoms in total. The van der Waals surface area contributed by atoms with E-state index in [1.54, 1.807) is 0 Å². The van der Waals surface area contributed by atoms with E-state index in [9.17, 15) is 9.59 Å². The lowest BCUT2D eigenvalue weighted by atomic mass is 10.1. The van der Waals surface area contributed by atoms with Crippen molar-refractivity contribution in [2.75, 3.05) is 6.61 Å². The summed E-state index contributed by atoms with van der Waals surface area (Å²) in [6.07, 6.45) is 4.08. The normalized spacial score (nSPS) is 17.8. The first kappa shape index (κ1) is 9.23. The molecule has 1 fully saturated rings. The average molecular weight is 170 g/mol. The molecular weight excluding hydrogens is 156 g/mol. The summed E-state index contributed by atoms with van der Waals surface area (Å²) in [5.41, 5.74) is 0. The number of ketones is 1. The number of ether oxygens (including phenoxy) is 1. The van der Waals surface area contributed by atoms with E-state index in [2.05, 4.69) is 0 Å². The zero-order valence-corrected chi connectivity index (χ0v) is 7.34. The molecule has 0 aromatic carbocycles. The first-order chi connectivity index (χ1) is 5.70. The number of hydrogen-bond acceptors (Lipinski definition) is 3. The maximum atomic E-state index is 11.2. The fraction of sp³-hybridized carbons (Fsp3) is 0.778. The summed E-state index contributed by atoms with van der Waals surface area (Å²) < 4.78 is 4.80. The molecule has 1 aliphatic carbocycles. The molecule has 0 unspecified atom stereocenters. The van der Waals surface area contributed by atoms with E-state index in [1.165, 1.54) is 6.92 Å². The van der Waals surface area contributed by atoms with Gasteiger partial charge in [-0.2, -0.15) is 0 Å². The third-order valence-electron chi connectivity index (χ3n) is 2.11. The van der Waals surface area contributed by atoms with Crippen LogP contribution in [-0.2, 0) is 14.3 Å². The Bertz CT molecular complexity index is 180. The fourth-order valence-corrected chi connectivity index (χ4v) is 1.45. The third-order valence-corrected chi connectivity index (χ3v) is 2.11. The van der Waals surface area contributed by atoms with E-state index in [0.717, 1.165) is 25.7 Å². The molecule has 0 atom stereocenters. The minimum atomic E-state index is -0.192. The van der Waals surface area contributed by atoms with Crippen molar-refractivity contribution in [3.63, 3.8) is 0 Å². The quantitative estimate of drug-likeness (QED) is 0.600. The highest BCUT2D eigenvalue weighted by atomic mass is 16.5. The monoisotopic (exact) mass is 170 g/mol. The van der Waals surface area contributed by atoms with Crippen LogP contribution in [0.15, 0.2) is 0 Å². The van der Waals surface area contributed by atoms with Crippen LogP contribution < -0.4 is 0 Å². The molecular formula is C9H14O3. The molecule has 12 heavy (non-hydrogen) atoms. The first-order valence-electron chi connectivity index (χ1n) is 4.36. The molecule has 0 saturated heterocycles. The summed E-state index contributed by atoms with van der Waals surface area (Å²) in [4.78, 5) is 21.7. The molecule has 3 heteroatoms. The minimum Gasteiger partial charge on any atom is -0.457 e. The lowest BCUT2D eigenvalue weighted by molar-refractivity contribution is -0.151. The van der Waals surface area contributed by atoms with Crippen molar-refractivity contribution in [1.82, 2.24) is 0 Å². The van der Waals surface area contributed by atoms with E-state index < -0.39 is 0 Å². The second-order valence-electron chi connectivity index (χ2n) is 3.29. The minimum absolute atomic E-state index is 0.0596. The van der Waals surface area contributed by atoms with Crippen molar-refractivity contribution in [3.05, 3.63) is 0 Å². The number of carbonyl (C=O) groups excluding carboxylic acids is 2. The summed E-state index contributed by atoms with van der Waals surface area (Å²) in [6, 6.07) is 0. The van der Waals surface area contributed by atoms with Crippen LogP contribution in [0.25, 0.3) is 0 Å². The molecule has 0 aliphatic heterocycles. The predicted molar refractivity (Wildman–Crippen MR) is 43.6 cm³/mol. The summed E-state index contributed by atoms with van der Waals surface area (Å²) in [5, 5.41) is 0. The van der Waals surface area contributed by atoms with Crippen molar-refractivity contribution >= 4 is 11.8 Å². The molecule has 0 spiro atoms. The zero-order valence-electron chi connectivity index (χ0n) is 7.34. The summed E-state index contributed by atoms with van der Waals surface area (Å²) in [7, 11) is 0. The SMILES string of the molecule is CC(=O)COC(=O)C1CCCC1. The highest BCUT2D eigenvalue weighted by molar-refractivity contribution is 5.81. The number of esters is 1. The number of rotatable bonds is 3. The van der Waals surface area contributed by atoms with Gasteiger partial charge in [0.25, 0.3) is 0 Å². The van der Waals surface area contributed by atoms with Crippen LogP contribution in [0.2, 0.25) is 0 Å². The van der Waals surface area contributed by atoms with E-state index in [4.69, 9.17) is 4.74 Å². The molecule has 0 aromatic rings. The maximum absolute atomic E-state index is 11.2. The van der Waals surface area contributed by atoms with E-state index in [-0.39, 0.29) is 24.3 Å². The van der Waals surface area contributed by atoms with Gasteiger partial charge in [-0.15, -0.1) is 0 Å². The van der Waals surface area contributed by atoms with Gasteiger partial charge < -0.3 is 4.74 Å². The Hall–Kier alpha value is -0.860. The van der Waals surface area contributed by atoms with Crippen LogP contribution in [0, 0.1) is 5.92 Å². The maximum Gasteiger partial charge on any atom is 0.309 e. The van der Waals surface area contributed by atoms with Gasteiger partial charge in [-0.3, -0.25) is 9.59 Å². The van der Waals surface area contributed by atoms with Gasteiger partial charge in [0.1, 0.15) is 6.61 Å². The van der Waals surface area contributed by atoms with Crippen molar-refractivity contribution in [2.24, 2.45) is 5.92 Å². The summed E-state index contributed by atoms with van der Waals surface area (Å²) in [5.74, 6) is -0.228. The first-order valence-corrected chi connectivity index (χ1v) is 4.36. The van der Waals surface area contributed by atoms with Crippen molar-refractivity contribution in [3.8, 4) is 0 Å². The van der Waals surface area contributed by atoms with Gasteiger partial charge in [-0.1, -0.05) is 12.8 Å². The molecule has 0 amide bonds. The Morgan fingerprint density at radius 2 is 1.92 bits per heavy atom. The third kappa shape index (κ3) is 2.64. The molecule has 0 aromatic heterocycles. The molecule has 1 rings (SSSR count). The lowest BCUT2D eigenvalue weighted by Gasteiger charge is -2.07. The standard InChI is InChI=1S/C9H14O3/c1-7(10)6-12-9(11)8-4-2-3-5-8/h8H,2-6H2,1H3. The van der Waals surface area contributed by atoms with Gasteiger partial charge in [0.15, 0.2) is 5.78 Å². The fourth-order valence-electron chi connectivity index (χ4n) is 1.45. The van der Waals surface area contributed by atoms with Crippen LogP contribution in [0.1, 0.15) is 32.6 Å². The van der Waals surface area contributed by atoms with Crippen LogP contribution >= 0.6 is 0 Å². The molecule has 0 heterocycles. The van der Waals surface area contributed by atoms with E-state index >= 15 is 0 Å². The lowest BCUT2D eigenvalue weighted by Crippen LogP contribution is -2.17. The smallest absolute Gasteiger partial charge is 0.309 e. The molecule has 0 radical (unpaired) electrons. The molecule has 0 N–H and O–H groups in total. The van der Waals surface area contributed by atoms with Crippen molar-refractivity contribution in [1.29, 1.82) is 0 Å². The van der Waals surface area contributed by atoms with Gasteiger partial charge in [-0.05, 0) is 19.8 Å². The summed E-state index contributed by atoms with van der Waals surface area (Å²) >= 11 is 0. The van der Waals surface area contributed by atoms with Gasteiger partial charge in [0.05, 0.1) is 5.92 Å². The van der Waals surface area contributed by atoms with Crippen LogP contribution in [-0.4, -0.2) is 18.4 Å². The highest BCUT2D eigenvalue weighted by Gasteiger charge is 2.23. The molecule has 1 saturated carbocycles. The van der Waals surface area contributed by atoms with Gasteiger partial charge in [0, 0.05) is 0 Å². The van der Waals surface area contributed by atoms with E-state index in [1.807, 2.05) is 0 Å². The highest BCUT2D eigenvalue weighted by Crippen LogP contribution is 2.25. The molecule has 68 valence electrons. The van der Waals surface area contributed by atoms with Crippen LogP contribution in [0.4, 0.5) is 0 Å². The predicted octanol–water partition coefficient (Wildman–Crippen LogP) is 1.31. The second kappa shape index (κ2) is 4.24. The second-order valence-corrected chi connectivity index (χ2v) is 3.29. The summed E-state index contributed by atoms with van der Waals surface area (Å²) in [6.45, 7) is 1.36. The van der Waals surface area contributed by atoms with Gasteiger partial charge >= 0.3 is 5.97 Å². The van der Waals surface area contributed by atoms with Gasteiger partial charge in [0.2, 0.25) is 0 Å². The molecule has 1 aliphatic rings. The Morgan fingerprint density at radius 1 is 1.33 bits per heavy atom.